The van der Waals surface area contributed by atoms with Crippen molar-refractivity contribution in [1.82, 2.24) is 4.90 Å². The molecule has 2 aromatic carbocycles. The van der Waals surface area contributed by atoms with Gasteiger partial charge in [-0.05, 0) is 50.7 Å². The summed E-state index contributed by atoms with van der Waals surface area (Å²) < 4.78 is 11.4. The highest BCUT2D eigenvalue weighted by Gasteiger charge is 2.84. The van der Waals surface area contributed by atoms with E-state index in [2.05, 4.69) is 0 Å². The fourth-order valence-electron chi connectivity index (χ4n) is 6.20. The van der Waals surface area contributed by atoms with Gasteiger partial charge in [0.05, 0.1) is 12.0 Å². The fraction of sp³-hybridized carbons (Fsp3) is 0.444. The Morgan fingerprint density at radius 3 is 2.26 bits per heavy atom. The largest absolute Gasteiger partial charge is 0.458 e. The maximum Gasteiger partial charge on any atom is 0.411 e. The number of benzene rings is 2. The van der Waals surface area contributed by atoms with E-state index < -0.39 is 40.8 Å². The van der Waals surface area contributed by atoms with Gasteiger partial charge in [-0.1, -0.05) is 60.7 Å². The van der Waals surface area contributed by atoms with Crippen molar-refractivity contribution >= 4 is 17.8 Å². The number of aliphatic hydroxyl groups is 1. The van der Waals surface area contributed by atoms with Crippen molar-refractivity contribution in [1.29, 1.82) is 0 Å². The second-order valence-corrected chi connectivity index (χ2v) is 10.4. The zero-order chi connectivity index (χ0) is 24.3. The number of hydrogen-bond acceptors (Lipinski definition) is 6. The molecule has 178 valence electrons. The van der Waals surface area contributed by atoms with E-state index in [1.54, 1.807) is 45.0 Å². The van der Waals surface area contributed by atoms with E-state index in [0.717, 1.165) is 5.56 Å². The summed E-state index contributed by atoms with van der Waals surface area (Å²) in [6, 6.07) is 17.2. The van der Waals surface area contributed by atoms with E-state index in [0.29, 0.717) is 12.0 Å². The van der Waals surface area contributed by atoms with Gasteiger partial charge >= 0.3 is 12.1 Å². The molecule has 7 nitrogen and oxygen atoms in total. The quantitative estimate of drug-likeness (QED) is 0.697. The van der Waals surface area contributed by atoms with Gasteiger partial charge in [-0.15, -0.1) is 0 Å². The number of nitrogens with zero attached hydrogens (tertiary/aromatic N) is 1. The van der Waals surface area contributed by atoms with Crippen molar-refractivity contribution in [3.05, 3.63) is 71.8 Å². The number of esters is 1. The third-order valence-corrected chi connectivity index (χ3v) is 7.39. The Hall–Kier alpha value is -3.19. The van der Waals surface area contributed by atoms with Gasteiger partial charge < -0.3 is 14.6 Å². The van der Waals surface area contributed by atoms with Crippen molar-refractivity contribution in [3.8, 4) is 0 Å². The number of piperidine rings is 1. The minimum Gasteiger partial charge on any atom is -0.458 e. The highest BCUT2D eigenvalue weighted by Crippen LogP contribution is 2.67. The van der Waals surface area contributed by atoms with Gasteiger partial charge in [0, 0.05) is 0 Å². The van der Waals surface area contributed by atoms with Crippen LogP contribution in [0.2, 0.25) is 0 Å². The lowest BCUT2D eigenvalue weighted by Crippen LogP contribution is -2.71. The number of Topliss-reactive ketones (excluding diaryl/α,β-unsaturated/α-hetero) is 1. The number of rotatable bonds is 4. The van der Waals surface area contributed by atoms with Crippen LogP contribution in [0.15, 0.2) is 60.7 Å². The Bertz CT molecular complexity index is 1130. The topological polar surface area (TPSA) is 93.1 Å². The summed E-state index contributed by atoms with van der Waals surface area (Å²) in [5, 5.41) is 12.4. The highest BCUT2D eigenvalue weighted by atomic mass is 16.6. The maximum absolute atomic E-state index is 14.0. The Balaban J connectivity index is 1.62. The van der Waals surface area contributed by atoms with Crippen LogP contribution in [0.25, 0.3) is 0 Å². The molecule has 2 aliphatic carbocycles. The first kappa shape index (κ1) is 22.6. The molecule has 5 atom stereocenters. The number of amides is 1. The fourth-order valence-corrected chi connectivity index (χ4v) is 6.20. The Kier molecular flexibility index (Phi) is 5.09. The first-order chi connectivity index (χ1) is 16.1. The van der Waals surface area contributed by atoms with E-state index in [9.17, 15) is 19.5 Å². The highest BCUT2D eigenvalue weighted by molar-refractivity contribution is 6.05. The monoisotopic (exact) mass is 463 g/mol. The number of ether oxygens (including phenoxy) is 2. The molecule has 2 aliphatic heterocycles. The lowest BCUT2D eigenvalue weighted by molar-refractivity contribution is -0.200. The van der Waals surface area contributed by atoms with Gasteiger partial charge in [-0.2, -0.15) is 0 Å². The number of ketones is 1. The molecule has 4 bridgehead atoms. The normalized spacial score (nSPS) is 31.6. The van der Waals surface area contributed by atoms with Gasteiger partial charge in [0.25, 0.3) is 0 Å². The molecule has 2 saturated carbocycles. The van der Waals surface area contributed by atoms with Crippen LogP contribution in [0.1, 0.15) is 44.7 Å². The Morgan fingerprint density at radius 2 is 1.65 bits per heavy atom. The van der Waals surface area contributed by atoms with Crippen LogP contribution in [0.3, 0.4) is 0 Å². The third kappa shape index (κ3) is 3.03. The molecule has 0 spiro atoms. The smallest absolute Gasteiger partial charge is 0.411 e. The van der Waals surface area contributed by atoms with Crippen LogP contribution in [0, 0.1) is 11.8 Å². The summed E-state index contributed by atoms with van der Waals surface area (Å²) in [6.45, 7) is 5.16. The van der Waals surface area contributed by atoms with Gasteiger partial charge in [-0.25, -0.2) is 9.59 Å². The number of hydrogen-bond donors (Lipinski definition) is 1. The molecule has 2 saturated heterocycles. The van der Waals surface area contributed by atoms with Crippen LogP contribution < -0.4 is 0 Å². The second-order valence-electron chi connectivity index (χ2n) is 10.4. The molecule has 34 heavy (non-hydrogen) atoms. The van der Waals surface area contributed by atoms with E-state index >= 15 is 0 Å². The lowest BCUT2D eigenvalue weighted by Gasteiger charge is -2.52. The maximum atomic E-state index is 14.0. The zero-order valence-corrected chi connectivity index (χ0v) is 19.6. The average molecular weight is 464 g/mol. The van der Waals surface area contributed by atoms with Crippen LogP contribution >= 0.6 is 0 Å². The van der Waals surface area contributed by atoms with Crippen LogP contribution in [-0.4, -0.2) is 45.0 Å². The SMILES string of the molecule is CC(C)(C)OC(=O)[C@@]12[C@H]3C[C@H](C[C@H](C3=O)N1C(=O)OCc1ccccc1)[C@@]2(O)c1ccccc1. The first-order valence-corrected chi connectivity index (χ1v) is 11.7. The number of carbonyl (C=O) groups is 3. The molecule has 7 heteroatoms. The predicted molar refractivity (Wildman–Crippen MR) is 122 cm³/mol. The standard InChI is InChI=1S/C27H29NO6/c1-25(2,3)34-23(30)26-20-14-19(27(26,32)18-12-8-5-9-13-18)15-21(22(20)29)28(26)24(31)33-16-17-10-6-4-7-11-17/h4-13,19-21,32H,14-16H2,1-3H3/t19-,20+,21-,26-,27+/m1/s1. The number of carbonyl (C=O) groups excluding carboxylic acids is 3. The van der Waals surface area contributed by atoms with Crippen molar-refractivity contribution < 1.29 is 29.0 Å². The molecule has 6 rings (SSSR count). The molecule has 1 amide bonds. The van der Waals surface area contributed by atoms with Crippen LogP contribution in [0.5, 0.6) is 0 Å². The molecule has 4 aliphatic rings. The van der Waals surface area contributed by atoms with Crippen molar-refractivity contribution in [2.24, 2.45) is 11.8 Å². The summed E-state index contributed by atoms with van der Waals surface area (Å²) in [4.78, 5) is 42.2. The van der Waals surface area contributed by atoms with E-state index in [4.69, 9.17) is 9.47 Å². The van der Waals surface area contributed by atoms with E-state index in [1.165, 1.54) is 4.90 Å². The molecule has 0 radical (unpaired) electrons. The molecule has 1 N–H and O–H groups in total. The summed E-state index contributed by atoms with van der Waals surface area (Å²) in [5.74, 6) is -2.22. The average Bonchev–Trinajstić information content (AvgIpc) is 3.09. The predicted octanol–water partition coefficient (Wildman–Crippen LogP) is 3.58. The van der Waals surface area contributed by atoms with Gasteiger partial charge in [0.15, 0.2) is 11.3 Å². The molecule has 4 fully saturated rings. The lowest BCUT2D eigenvalue weighted by atomic mass is 9.68. The zero-order valence-electron chi connectivity index (χ0n) is 19.6. The molecular formula is C27H29NO6. The van der Waals surface area contributed by atoms with Gasteiger partial charge in [0.1, 0.15) is 17.8 Å². The van der Waals surface area contributed by atoms with E-state index in [1.807, 2.05) is 36.4 Å². The van der Waals surface area contributed by atoms with Crippen LogP contribution in [-0.2, 0) is 31.3 Å². The van der Waals surface area contributed by atoms with Crippen molar-refractivity contribution in [2.75, 3.05) is 0 Å². The second kappa shape index (κ2) is 7.67. The summed E-state index contributed by atoms with van der Waals surface area (Å²) in [6.07, 6.45) is -0.223. The Morgan fingerprint density at radius 1 is 1.03 bits per heavy atom. The molecular weight excluding hydrogens is 434 g/mol. The van der Waals surface area contributed by atoms with Gasteiger partial charge in [-0.3, -0.25) is 9.69 Å². The molecule has 0 aromatic heterocycles. The van der Waals surface area contributed by atoms with Crippen LogP contribution in [0.4, 0.5) is 4.79 Å². The first-order valence-electron chi connectivity index (χ1n) is 11.7. The minimum atomic E-state index is -1.89. The summed E-state index contributed by atoms with van der Waals surface area (Å²) in [5.41, 5.74) is -3.29. The summed E-state index contributed by atoms with van der Waals surface area (Å²) >= 11 is 0. The minimum absolute atomic E-state index is 0.0145. The molecule has 0 unspecified atom stereocenters. The molecule has 2 heterocycles. The van der Waals surface area contributed by atoms with Crippen molar-refractivity contribution in [3.63, 3.8) is 0 Å². The molecule has 2 aromatic rings. The van der Waals surface area contributed by atoms with E-state index in [-0.39, 0.29) is 24.7 Å². The third-order valence-electron chi connectivity index (χ3n) is 7.39. The van der Waals surface area contributed by atoms with Gasteiger partial charge in [0.2, 0.25) is 0 Å². The van der Waals surface area contributed by atoms with Crippen molar-refractivity contribution in [2.45, 2.75) is 63.0 Å². The Labute approximate surface area is 198 Å². The summed E-state index contributed by atoms with van der Waals surface area (Å²) in [7, 11) is 0.